The van der Waals surface area contributed by atoms with Gasteiger partial charge >= 0.3 is 0 Å². The van der Waals surface area contributed by atoms with Crippen molar-refractivity contribution in [1.82, 2.24) is 15.1 Å². The van der Waals surface area contributed by atoms with Gasteiger partial charge in [0, 0.05) is 19.0 Å². The molecule has 0 saturated heterocycles. The molecule has 112 valence electrons. The zero-order chi connectivity index (χ0) is 15.2. The summed E-state index contributed by atoms with van der Waals surface area (Å²) in [6.45, 7) is 2.24. The average molecular weight is 289 g/mol. The van der Waals surface area contributed by atoms with Gasteiger partial charge in [-0.2, -0.15) is 0 Å². The lowest BCUT2D eigenvalue weighted by molar-refractivity contribution is -0.130. The van der Waals surface area contributed by atoms with Gasteiger partial charge in [0.05, 0.1) is 20.1 Å². The maximum absolute atomic E-state index is 12.2. The summed E-state index contributed by atoms with van der Waals surface area (Å²) in [7, 11) is 3.31. The largest absolute Gasteiger partial charge is 0.496 e. The minimum atomic E-state index is -0.0317. The van der Waals surface area contributed by atoms with E-state index in [1.54, 1.807) is 19.1 Å². The number of para-hydroxylation sites is 1. The van der Waals surface area contributed by atoms with Gasteiger partial charge in [-0.15, -0.1) is 10.2 Å². The lowest BCUT2D eigenvalue weighted by atomic mass is 10.1. The SMILES string of the molecule is CCc1nnc(CN(C)C(=O)Cc2ccccc2OC)o1. The molecular formula is C15H19N3O3. The van der Waals surface area contributed by atoms with Gasteiger partial charge in [-0.3, -0.25) is 4.79 Å². The van der Waals surface area contributed by atoms with Crippen LogP contribution in [0.25, 0.3) is 0 Å². The fourth-order valence-electron chi connectivity index (χ4n) is 1.93. The van der Waals surface area contributed by atoms with E-state index in [1.807, 2.05) is 31.2 Å². The minimum Gasteiger partial charge on any atom is -0.496 e. The Bertz CT molecular complexity index is 610. The molecule has 0 spiro atoms. The summed E-state index contributed by atoms with van der Waals surface area (Å²) in [5, 5.41) is 7.80. The number of hydrogen-bond acceptors (Lipinski definition) is 5. The second-order valence-electron chi connectivity index (χ2n) is 4.68. The highest BCUT2D eigenvalue weighted by molar-refractivity contribution is 5.79. The fraction of sp³-hybridized carbons (Fsp3) is 0.400. The number of rotatable bonds is 6. The standard InChI is InChI=1S/C15H19N3O3/c1-4-13-16-17-14(21-13)10-18(2)15(19)9-11-7-5-6-8-12(11)20-3/h5-8H,4,9-10H2,1-3H3. The van der Waals surface area contributed by atoms with E-state index in [4.69, 9.17) is 9.15 Å². The molecule has 2 aromatic rings. The number of ether oxygens (including phenoxy) is 1. The van der Waals surface area contributed by atoms with Crippen LogP contribution in [0.15, 0.2) is 28.7 Å². The Morgan fingerprint density at radius 2 is 2.00 bits per heavy atom. The van der Waals surface area contributed by atoms with E-state index < -0.39 is 0 Å². The number of nitrogens with zero attached hydrogens (tertiary/aromatic N) is 3. The number of methoxy groups -OCH3 is 1. The highest BCUT2D eigenvalue weighted by Crippen LogP contribution is 2.18. The molecule has 1 heterocycles. The van der Waals surface area contributed by atoms with Crippen LogP contribution in [0.5, 0.6) is 5.75 Å². The molecule has 6 nitrogen and oxygen atoms in total. The molecule has 0 saturated carbocycles. The number of benzene rings is 1. The van der Waals surface area contributed by atoms with Crippen molar-refractivity contribution in [2.45, 2.75) is 26.3 Å². The van der Waals surface area contributed by atoms with Crippen LogP contribution in [-0.4, -0.2) is 35.2 Å². The molecule has 1 amide bonds. The molecule has 0 N–H and O–H groups in total. The zero-order valence-electron chi connectivity index (χ0n) is 12.5. The van der Waals surface area contributed by atoms with Gasteiger partial charge in [-0.05, 0) is 6.07 Å². The molecular weight excluding hydrogens is 270 g/mol. The van der Waals surface area contributed by atoms with Crippen molar-refractivity contribution in [2.24, 2.45) is 0 Å². The Labute approximate surface area is 123 Å². The van der Waals surface area contributed by atoms with Crippen LogP contribution in [0.4, 0.5) is 0 Å². The smallest absolute Gasteiger partial charge is 0.235 e. The summed E-state index contributed by atoms with van der Waals surface area (Å²) in [5.41, 5.74) is 0.858. The normalized spacial score (nSPS) is 10.4. The van der Waals surface area contributed by atoms with E-state index in [0.29, 0.717) is 30.5 Å². The summed E-state index contributed by atoms with van der Waals surface area (Å²) in [5.74, 6) is 1.71. The van der Waals surface area contributed by atoms with Crippen LogP contribution in [0.1, 0.15) is 24.3 Å². The molecule has 6 heteroatoms. The van der Waals surface area contributed by atoms with Crippen LogP contribution in [0.3, 0.4) is 0 Å². The van der Waals surface area contributed by atoms with Crippen molar-refractivity contribution >= 4 is 5.91 Å². The molecule has 0 radical (unpaired) electrons. The predicted octanol–water partition coefficient (Wildman–Crippen LogP) is 1.84. The molecule has 0 aliphatic rings. The third-order valence-electron chi connectivity index (χ3n) is 3.14. The summed E-state index contributed by atoms with van der Waals surface area (Å²) < 4.78 is 10.7. The van der Waals surface area contributed by atoms with Crippen molar-refractivity contribution < 1.29 is 13.9 Å². The third kappa shape index (κ3) is 3.81. The number of carbonyl (C=O) groups excluding carboxylic acids is 1. The van der Waals surface area contributed by atoms with Crippen molar-refractivity contribution in [1.29, 1.82) is 0 Å². The molecule has 21 heavy (non-hydrogen) atoms. The summed E-state index contributed by atoms with van der Waals surface area (Å²) in [6.07, 6.45) is 0.959. The van der Waals surface area contributed by atoms with E-state index >= 15 is 0 Å². The van der Waals surface area contributed by atoms with Crippen LogP contribution >= 0.6 is 0 Å². The van der Waals surface area contributed by atoms with Gasteiger partial charge in [0.25, 0.3) is 0 Å². The van der Waals surface area contributed by atoms with E-state index in [0.717, 1.165) is 5.56 Å². The van der Waals surface area contributed by atoms with Crippen molar-refractivity contribution in [3.63, 3.8) is 0 Å². The quantitative estimate of drug-likeness (QED) is 0.811. The maximum atomic E-state index is 12.2. The van der Waals surface area contributed by atoms with Crippen molar-refractivity contribution in [3.8, 4) is 5.75 Å². The van der Waals surface area contributed by atoms with Gasteiger partial charge in [-0.25, -0.2) is 0 Å². The summed E-state index contributed by atoms with van der Waals surface area (Å²) in [6, 6.07) is 7.48. The Kier molecular flexibility index (Phi) is 4.92. The average Bonchev–Trinajstić information content (AvgIpc) is 2.95. The van der Waals surface area contributed by atoms with E-state index in [1.165, 1.54) is 0 Å². The summed E-state index contributed by atoms with van der Waals surface area (Å²) in [4.78, 5) is 13.8. The Balaban J connectivity index is 1.99. The Morgan fingerprint density at radius 1 is 1.29 bits per heavy atom. The predicted molar refractivity (Wildman–Crippen MR) is 76.8 cm³/mol. The van der Waals surface area contributed by atoms with Gasteiger partial charge in [0.1, 0.15) is 5.75 Å². The Hall–Kier alpha value is -2.37. The second kappa shape index (κ2) is 6.88. The molecule has 0 unspecified atom stereocenters. The fourth-order valence-corrected chi connectivity index (χ4v) is 1.93. The zero-order valence-corrected chi connectivity index (χ0v) is 12.5. The van der Waals surface area contributed by atoms with Crippen LogP contribution in [-0.2, 0) is 24.2 Å². The molecule has 0 bridgehead atoms. The van der Waals surface area contributed by atoms with Crippen molar-refractivity contribution in [2.75, 3.05) is 14.2 Å². The molecule has 1 aromatic heterocycles. The summed E-state index contributed by atoms with van der Waals surface area (Å²) >= 11 is 0. The van der Waals surface area contributed by atoms with E-state index in [-0.39, 0.29) is 12.3 Å². The van der Waals surface area contributed by atoms with E-state index in [9.17, 15) is 4.79 Å². The number of likely N-dealkylation sites (N-methyl/N-ethyl adjacent to an activating group) is 1. The highest BCUT2D eigenvalue weighted by Gasteiger charge is 2.15. The first-order valence-corrected chi connectivity index (χ1v) is 6.81. The monoisotopic (exact) mass is 289 g/mol. The highest BCUT2D eigenvalue weighted by atomic mass is 16.5. The molecule has 2 rings (SSSR count). The minimum absolute atomic E-state index is 0.0317. The van der Waals surface area contributed by atoms with Crippen LogP contribution in [0.2, 0.25) is 0 Å². The van der Waals surface area contributed by atoms with Gasteiger partial charge < -0.3 is 14.1 Å². The number of hydrogen-bond donors (Lipinski definition) is 0. The lowest BCUT2D eigenvalue weighted by Crippen LogP contribution is -2.28. The van der Waals surface area contributed by atoms with E-state index in [2.05, 4.69) is 10.2 Å². The second-order valence-corrected chi connectivity index (χ2v) is 4.68. The maximum Gasteiger partial charge on any atom is 0.235 e. The number of amides is 1. The topological polar surface area (TPSA) is 68.5 Å². The van der Waals surface area contributed by atoms with Gasteiger partial charge in [-0.1, -0.05) is 25.1 Å². The first-order valence-electron chi connectivity index (χ1n) is 6.81. The molecule has 0 fully saturated rings. The van der Waals surface area contributed by atoms with Crippen LogP contribution in [0, 0.1) is 0 Å². The van der Waals surface area contributed by atoms with Gasteiger partial charge in [0.15, 0.2) is 0 Å². The lowest BCUT2D eigenvalue weighted by Gasteiger charge is -2.16. The van der Waals surface area contributed by atoms with Gasteiger partial charge in [0.2, 0.25) is 17.7 Å². The molecule has 0 aliphatic carbocycles. The third-order valence-corrected chi connectivity index (χ3v) is 3.14. The first-order chi connectivity index (χ1) is 10.1. The number of aromatic nitrogens is 2. The first kappa shape index (κ1) is 15.0. The molecule has 1 aromatic carbocycles. The molecule has 0 aliphatic heterocycles. The molecule has 0 atom stereocenters. The number of aryl methyl sites for hydroxylation is 1. The number of carbonyl (C=O) groups is 1. The van der Waals surface area contributed by atoms with Crippen LogP contribution < -0.4 is 4.74 Å². The van der Waals surface area contributed by atoms with Crippen molar-refractivity contribution in [3.05, 3.63) is 41.6 Å². The Morgan fingerprint density at radius 3 is 2.67 bits per heavy atom.